The SMILES string of the molecule is CN=C(NCC1CCN(CCOC)CC1)NC1CCCC(SC)C1. The summed E-state index contributed by atoms with van der Waals surface area (Å²) in [7, 11) is 3.67. The summed E-state index contributed by atoms with van der Waals surface area (Å²) in [5, 5.41) is 8.02. The number of hydrogen-bond acceptors (Lipinski definition) is 4. The topological polar surface area (TPSA) is 48.9 Å². The summed E-state index contributed by atoms with van der Waals surface area (Å²) < 4.78 is 5.17. The number of guanidine groups is 1. The summed E-state index contributed by atoms with van der Waals surface area (Å²) in [5.74, 6) is 1.75. The van der Waals surface area contributed by atoms with Crippen LogP contribution in [-0.2, 0) is 4.74 Å². The van der Waals surface area contributed by atoms with Crippen LogP contribution in [0.4, 0.5) is 0 Å². The van der Waals surface area contributed by atoms with Crippen molar-refractivity contribution in [2.24, 2.45) is 10.9 Å². The van der Waals surface area contributed by atoms with Gasteiger partial charge in [-0.15, -0.1) is 0 Å². The van der Waals surface area contributed by atoms with Crippen molar-refractivity contribution in [1.29, 1.82) is 0 Å². The lowest BCUT2D eigenvalue weighted by molar-refractivity contribution is 0.121. The molecule has 2 atom stereocenters. The van der Waals surface area contributed by atoms with Crippen molar-refractivity contribution in [1.82, 2.24) is 15.5 Å². The van der Waals surface area contributed by atoms with Gasteiger partial charge in [0.15, 0.2) is 5.96 Å². The Morgan fingerprint density at radius 2 is 2.04 bits per heavy atom. The smallest absolute Gasteiger partial charge is 0.191 e. The lowest BCUT2D eigenvalue weighted by atomic mass is 9.95. The second-order valence-corrected chi connectivity index (χ2v) is 8.23. The predicted octanol–water partition coefficient (Wildman–Crippen LogP) is 2.18. The van der Waals surface area contributed by atoms with E-state index in [1.54, 1.807) is 7.11 Å². The van der Waals surface area contributed by atoms with Gasteiger partial charge in [-0.3, -0.25) is 4.99 Å². The van der Waals surface area contributed by atoms with E-state index in [0.29, 0.717) is 6.04 Å². The van der Waals surface area contributed by atoms with Crippen molar-refractivity contribution < 1.29 is 4.74 Å². The Balaban J connectivity index is 1.65. The summed E-state index contributed by atoms with van der Waals surface area (Å²) in [6, 6.07) is 0.582. The highest BCUT2D eigenvalue weighted by molar-refractivity contribution is 7.99. The Hall–Kier alpha value is -0.460. The molecule has 2 N–H and O–H groups in total. The molecule has 2 rings (SSSR count). The van der Waals surface area contributed by atoms with E-state index in [2.05, 4.69) is 26.8 Å². The molecule has 2 unspecified atom stereocenters. The number of likely N-dealkylation sites (tertiary alicyclic amines) is 1. The summed E-state index contributed by atoms with van der Waals surface area (Å²) >= 11 is 2.01. The van der Waals surface area contributed by atoms with Gasteiger partial charge in [-0.05, 0) is 57.4 Å². The summed E-state index contributed by atoms with van der Waals surface area (Å²) in [5.41, 5.74) is 0. The van der Waals surface area contributed by atoms with Crippen molar-refractivity contribution in [3.63, 3.8) is 0 Å². The molecule has 1 saturated heterocycles. The molecule has 2 aliphatic rings. The molecule has 2 fully saturated rings. The Bertz CT molecular complexity index is 372. The number of rotatable bonds is 7. The minimum Gasteiger partial charge on any atom is -0.383 e. The van der Waals surface area contributed by atoms with E-state index in [1.807, 2.05) is 18.8 Å². The molecule has 6 heteroatoms. The molecule has 1 saturated carbocycles. The summed E-state index contributed by atoms with van der Waals surface area (Å²) in [6.45, 7) is 5.34. The maximum Gasteiger partial charge on any atom is 0.191 e. The molecular weight excluding hydrogens is 320 g/mol. The van der Waals surface area contributed by atoms with E-state index < -0.39 is 0 Å². The van der Waals surface area contributed by atoms with Crippen LogP contribution in [0, 0.1) is 5.92 Å². The zero-order chi connectivity index (χ0) is 17.2. The third-order valence-electron chi connectivity index (χ3n) is 5.40. The number of hydrogen-bond donors (Lipinski definition) is 2. The molecule has 5 nitrogen and oxygen atoms in total. The highest BCUT2D eigenvalue weighted by Crippen LogP contribution is 2.26. The lowest BCUT2D eigenvalue weighted by Crippen LogP contribution is -2.47. The van der Waals surface area contributed by atoms with Gasteiger partial charge in [0.2, 0.25) is 0 Å². The Morgan fingerprint density at radius 3 is 2.71 bits per heavy atom. The van der Waals surface area contributed by atoms with Crippen molar-refractivity contribution >= 4 is 17.7 Å². The molecule has 1 aliphatic heterocycles. The normalized spacial score (nSPS) is 27.2. The number of nitrogens with zero attached hydrogens (tertiary/aromatic N) is 2. The molecule has 0 bridgehead atoms. The van der Waals surface area contributed by atoms with E-state index in [-0.39, 0.29) is 0 Å². The van der Waals surface area contributed by atoms with Crippen molar-refractivity contribution in [3.8, 4) is 0 Å². The first kappa shape index (κ1) is 19.9. The van der Waals surface area contributed by atoms with Gasteiger partial charge >= 0.3 is 0 Å². The second kappa shape index (κ2) is 11.2. The van der Waals surface area contributed by atoms with Crippen LogP contribution < -0.4 is 10.6 Å². The van der Waals surface area contributed by atoms with Crippen LogP contribution in [0.15, 0.2) is 4.99 Å². The zero-order valence-electron chi connectivity index (χ0n) is 15.7. The van der Waals surface area contributed by atoms with Gasteiger partial charge in [0.25, 0.3) is 0 Å². The first-order valence-corrected chi connectivity index (χ1v) is 10.7. The van der Waals surface area contributed by atoms with Gasteiger partial charge in [0, 0.05) is 38.5 Å². The quantitative estimate of drug-likeness (QED) is 0.541. The molecule has 0 amide bonds. The number of aliphatic imine (C=N–C) groups is 1. The standard InChI is InChI=1S/C18H36N4OS/c1-19-18(21-16-5-4-6-17(13-16)24-3)20-14-15-7-9-22(10-8-15)11-12-23-2/h15-17H,4-14H2,1-3H3,(H2,19,20,21). The van der Waals surface area contributed by atoms with Crippen LogP contribution in [0.2, 0.25) is 0 Å². The maximum atomic E-state index is 5.17. The Kier molecular flexibility index (Phi) is 9.28. The van der Waals surface area contributed by atoms with E-state index in [4.69, 9.17) is 4.74 Å². The van der Waals surface area contributed by atoms with Gasteiger partial charge in [-0.1, -0.05) is 6.42 Å². The first-order chi connectivity index (χ1) is 11.7. The fourth-order valence-electron chi connectivity index (χ4n) is 3.75. The molecule has 0 radical (unpaired) electrons. The minimum atomic E-state index is 0.582. The molecule has 0 spiro atoms. The molecule has 0 aromatic heterocycles. The number of ether oxygens (including phenoxy) is 1. The largest absolute Gasteiger partial charge is 0.383 e. The van der Waals surface area contributed by atoms with Crippen LogP contribution in [-0.4, -0.2) is 75.4 Å². The number of piperidine rings is 1. The van der Waals surface area contributed by atoms with Crippen molar-refractivity contribution in [2.75, 3.05) is 53.2 Å². The average Bonchev–Trinajstić information content (AvgIpc) is 2.64. The third kappa shape index (κ3) is 6.81. The van der Waals surface area contributed by atoms with Crippen molar-refractivity contribution in [2.45, 2.75) is 49.8 Å². The van der Waals surface area contributed by atoms with E-state index in [1.165, 1.54) is 51.6 Å². The van der Waals surface area contributed by atoms with Gasteiger partial charge < -0.3 is 20.3 Å². The monoisotopic (exact) mass is 356 g/mol. The maximum absolute atomic E-state index is 5.17. The second-order valence-electron chi connectivity index (χ2n) is 7.10. The molecule has 1 heterocycles. The fourth-order valence-corrected chi connectivity index (χ4v) is 4.58. The number of methoxy groups -OCH3 is 1. The van der Waals surface area contributed by atoms with E-state index in [0.717, 1.165) is 36.8 Å². The molecule has 140 valence electrons. The van der Waals surface area contributed by atoms with Gasteiger partial charge in [-0.2, -0.15) is 11.8 Å². The minimum absolute atomic E-state index is 0.582. The molecule has 1 aliphatic carbocycles. The number of thioether (sulfide) groups is 1. The van der Waals surface area contributed by atoms with Crippen LogP contribution >= 0.6 is 11.8 Å². The van der Waals surface area contributed by atoms with Gasteiger partial charge in [0.1, 0.15) is 0 Å². The molecular formula is C18H36N4OS. The molecule has 24 heavy (non-hydrogen) atoms. The number of nitrogens with one attached hydrogen (secondary N) is 2. The summed E-state index contributed by atoms with van der Waals surface area (Å²) in [4.78, 5) is 6.95. The highest BCUT2D eigenvalue weighted by atomic mass is 32.2. The highest BCUT2D eigenvalue weighted by Gasteiger charge is 2.23. The van der Waals surface area contributed by atoms with E-state index in [9.17, 15) is 0 Å². The van der Waals surface area contributed by atoms with Crippen molar-refractivity contribution in [3.05, 3.63) is 0 Å². The Morgan fingerprint density at radius 1 is 1.25 bits per heavy atom. The first-order valence-electron chi connectivity index (χ1n) is 9.46. The Labute approximate surface area is 152 Å². The van der Waals surface area contributed by atoms with Crippen LogP contribution in [0.5, 0.6) is 0 Å². The van der Waals surface area contributed by atoms with Crippen LogP contribution in [0.3, 0.4) is 0 Å². The average molecular weight is 357 g/mol. The van der Waals surface area contributed by atoms with E-state index >= 15 is 0 Å². The lowest BCUT2D eigenvalue weighted by Gasteiger charge is -2.33. The summed E-state index contributed by atoms with van der Waals surface area (Å²) in [6.07, 6.45) is 10.0. The van der Waals surface area contributed by atoms with Gasteiger partial charge in [0.05, 0.1) is 6.61 Å². The zero-order valence-corrected chi connectivity index (χ0v) is 16.5. The van der Waals surface area contributed by atoms with Crippen LogP contribution in [0.25, 0.3) is 0 Å². The van der Waals surface area contributed by atoms with Gasteiger partial charge in [-0.25, -0.2) is 0 Å². The fraction of sp³-hybridized carbons (Fsp3) is 0.944. The predicted molar refractivity (Wildman–Crippen MR) is 105 cm³/mol. The molecule has 0 aromatic carbocycles. The van der Waals surface area contributed by atoms with Crippen LogP contribution in [0.1, 0.15) is 38.5 Å². The molecule has 0 aromatic rings. The third-order valence-corrected chi connectivity index (χ3v) is 6.50.